The second kappa shape index (κ2) is 6.92. The lowest BCUT2D eigenvalue weighted by Gasteiger charge is -2.29. The summed E-state index contributed by atoms with van der Waals surface area (Å²) < 4.78 is 10.4. The molecule has 2 aromatic heterocycles. The largest absolute Gasteiger partial charge is 0.459 e. The van der Waals surface area contributed by atoms with Gasteiger partial charge in [-0.3, -0.25) is 9.59 Å². The standard InChI is InChI=1S/C22H21N3O4/c1-14-10-18(23-29-14)21(26)25-12-16-11-24(22(27)19-8-5-9-28-19)13-17(16)20(25)15-6-3-2-4-7-15/h2-10,16-17,20H,11-13H2,1H3/t16-,17-,20-/m0/s1. The van der Waals surface area contributed by atoms with Gasteiger partial charge in [-0.15, -0.1) is 0 Å². The monoisotopic (exact) mass is 391 g/mol. The van der Waals surface area contributed by atoms with E-state index in [0.29, 0.717) is 36.8 Å². The van der Waals surface area contributed by atoms with Gasteiger partial charge in [0, 0.05) is 37.5 Å². The lowest BCUT2D eigenvalue weighted by Crippen LogP contribution is -2.37. The van der Waals surface area contributed by atoms with Gasteiger partial charge < -0.3 is 18.7 Å². The minimum Gasteiger partial charge on any atom is -0.459 e. The summed E-state index contributed by atoms with van der Waals surface area (Å²) in [6.07, 6.45) is 1.51. The van der Waals surface area contributed by atoms with Gasteiger partial charge >= 0.3 is 0 Å². The van der Waals surface area contributed by atoms with Crippen LogP contribution in [-0.4, -0.2) is 46.4 Å². The van der Waals surface area contributed by atoms with Crippen LogP contribution >= 0.6 is 0 Å². The summed E-state index contributed by atoms with van der Waals surface area (Å²) >= 11 is 0. The van der Waals surface area contributed by atoms with E-state index in [1.54, 1.807) is 25.1 Å². The van der Waals surface area contributed by atoms with Crippen molar-refractivity contribution < 1.29 is 18.5 Å². The van der Waals surface area contributed by atoms with Gasteiger partial charge in [0.05, 0.1) is 12.3 Å². The second-order valence-electron chi connectivity index (χ2n) is 7.75. The van der Waals surface area contributed by atoms with Crippen LogP contribution in [0.25, 0.3) is 0 Å². The number of hydrogen-bond acceptors (Lipinski definition) is 5. The highest BCUT2D eigenvalue weighted by molar-refractivity contribution is 5.93. The highest BCUT2D eigenvalue weighted by atomic mass is 16.5. The van der Waals surface area contributed by atoms with Crippen LogP contribution in [0.5, 0.6) is 0 Å². The number of amides is 2. The number of carbonyl (C=O) groups is 2. The molecule has 148 valence electrons. The van der Waals surface area contributed by atoms with E-state index in [1.807, 2.05) is 40.1 Å². The van der Waals surface area contributed by atoms with Gasteiger partial charge in [-0.1, -0.05) is 35.5 Å². The van der Waals surface area contributed by atoms with Gasteiger partial charge in [-0.05, 0) is 24.6 Å². The maximum Gasteiger partial charge on any atom is 0.289 e. The van der Waals surface area contributed by atoms with Gasteiger partial charge in [0.1, 0.15) is 5.76 Å². The third kappa shape index (κ3) is 3.03. The molecule has 3 atom stereocenters. The molecule has 3 aromatic rings. The van der Waals surface area contributed by atoms with Crippen LogP contribution in [0.15, 0.2) is 63.7 Å². The third-order valence-corrected chi connectivity index (χ3v) is 5.93. The number of fused-ring (bicyclic) bond motifs is 1. The van der Waals surface area contributed by atoms with Crippen LogP contribution in [0.1, 0.15) is 38.4 Å². The van der Waals surface area contributed by atoms with E-state index >= 15 is 0 Å². The molecule has 7 heteroatoms. The Morgan fingerprint density at radius 3 is 2.55 bits per heavy atom. The van der Waals surface area contributed by atoms with Crippen molar-refractivity contribution in [3.63, 3.8) is 0 Å². The van der Waals surface area contributed by atoms with Crippen LogP contribution in [0.2, 0.25) is 0 Å². The van der Waals surface area contributed by atoms with Crippen molar-refractivity contribution in [2.75, 3.05) is 19.6 Å². The first-order valence-corrected chi connectivity index (χ1v) is 9.74. The first-order valence-electron chi connectivity index (χ1n) is 9.74. The average Bonchev–Trinajstić information content (AvgIpc) is 3.51. The molecular formula is C22H21N3O4. The third-order valence-electron chi connectivity index (χ3n) is 5.93. The zero-order valence-electron chi connectivity index (χ0n) is 16.0. The molecule has 0 saturated carbocycles. The Kier molecular flexibility index (Phi) is 4.23. The molecule has 0 radical (unpaired) electrons. The van der Waals surface area contributed by atoms with Crippen LogP contribution in [0, 0.1) is 18.8 Å². The summed E-state index contributed by atoms with van der Waals surface area (Å²) in [6, 6.07) is 15.0. The Morgan fingerprint density at radius 2 is 1.86 bits per heavy atom. The summed E-state index contributed by atoms with van der Waals surface area (Å²) in [4.78, 5) is 29.7. The smallest absolute Gasteiger partial charge is 0.289 e. The number of aromatic nitrogens is 1. The van der Waals surface area contributed by atoms with Crippen molar-refractivity contribution in [2.45, 2.75) is 13.0 Å². The zero-order valence-corrected chi connectivity index (χ0v) is 16.0. The van der Waals surface area contributed by atoms with Gasteiger partial charge in [-0.2, -0.15) is 0 Å². The maximum atomic E-state index is 13.2. The lowest BCUT2D eigenvalue weighted by atomic mass is 9.89. The predicted molar refractivity (Wildman–Crippen MR) is 103 cm³/mol. The van der Waals surface area contributed by atoms with Crippen molar-refractivity contribution in [1.29, 1.82) is 0 Å². The van der Waals surface area contributed by atoms with E-state index in [0.717, 1.165) is 5.56 Å². The number of hydrogen-bond donors (Lipinski definition) is 0. The summed E-state index contributed by atoms with van der Waals surface area (Å²) in [7, 11) is 0. The summed E-state index contributed by atoms with van der Waals surface area (Å²) in [5, 5.41) is 3.92. The molecule has 0 spiro atoms. The summed E-state index contributed by atoms with van der Waals surface area (Å²) in [5.41, 5.74) is 1.40. The van der Waals surface area contributed by atoms with Crippen molar-refractivity contribution >= 4 is 11.8 Å². The summed E-state index contributed by atoms with van der Waals surface area (Å²) in [5.74, 6) is 1.10. The molecule has 7 nitrogen and oxygen atoms in total. The van der Waals surface area contributed by atoms with E-state index in [4.69, 9.17) is 8.94 Å². The van der Waals surface area contributed by atoms with Crippen molar-refractivity contribution in [1.82, 2.24) is 15.0 Å². The number of carbonyl (C=O) groups excluding carboxylic acids is 2. The van der Waals surface area contributed by atoms with E-state index in [9.17, 15) is 9.59 Å². The van der Waals surface area contributed by atoms with Crippen molar-refractivity contribution in [2.24, 2.45) is 11.8 Å². The lowest BCUT2D eigenvalue weighted by molar-refractivity contribution is 0.0659. The van der Waals surface area contributed by atoms with Gasteiger partial charge in [0.25, 0.3) is 11.8 Å². The van der Waals surface area contributed by atoms with E-state index < -0.39 is 0 Å². The number of furan rings is 1. The average molecular weight is 391 g/mol. The predicted octanol–water partition coefficient (Wildman–Crippen LogP) is 3.16. The molecule has 2 fully saturated rings. The van der Waals surface area contributed by atoms with Gasteiger partial charge in [0.15, 0.2) is 11.5 Å². The van der Waals surface area contributed by atoms with Gasteiger partial charge in [-0.25, -0.2) is 0 Å². The number of aryl methyl sites for hydroxylation is 1. The van der Waals surface area contributed by atoms with Crippen molar-refractivity contribution in [3.8, 4) is 0 Å². The Bertz CT molecular complexity index is 1030. The molecule has 0 N–H and O–H groups in total. The Hall–Kier alpha value is -3.35. The molecule has 2 aliphatic rings. The fourth-order valence-corrected chi connectivity index (χ4v) is 4.67. The molecule has 4 heterocycles. The van der Waals surface area contributed by atoms with Gasteiger partial charge in [0.2, 0.25) is 0 Å². The number of benzene rings is 1. The quantitative estimate of drug-likeness (QED) is 0.685. The number of likely N-dealkylation sites (tertiary alicyclic amines) is 2. The molecule has 29 heavy (non-hydrogen) atoms. The fourth-order valence-electron chi connectivity index (χ4n) is 4.67. The summed E-state index contributed by atoms with van der Waals surface area (Å²) in [6.45, 7) is 3.55. The number of nitrogens with zero attached hydrogens (tertiary/aromatic N) is 3. The Balaban J connectivity index is 1.44. The molecule has 0 bridgehead atoms. The molecule has 1 aromatic carbocycles. The molecule has 2 amide bonds. The van der Waals surface area contributed by atoms with Crippen LogP contribution in [-0.2, 0) is 0 Å². The SMILES string of the molecule is Cc1cc(C(=O)N2C[C@@H]3CN(C(=O)c4ccco4)C[C@@H]3[C@@H]2c2ccccc2)no1. The normalized spacial score (nSPS) is 23.4. The van der Waals surface area contributed by atoms with E-state index in [1.165, 1.54) is 6.26 Å². The number of rotatable bonds is 3. The topological polar surface area (TPSA) is 79.8 Å². The van der Waals surface area contributed by atoms with Crippen LogP contribution in [0.3, 0.4) is 0 Å². The fraction of sp³-hybridized carbons (Fsp3) is 0.318. The first kappa shape index (κ1) is 17.7. The molecule has 0 unspecified atom stereocenters. The van der Waals surface area contributed by atoms with Crippen LogP contribution in [0.4, 0.5) is 0 Å². The Labute approximate surface area is 167 Å². The second-order valence-corrected chi connectivity index (χ2v) is 7.75. The van der Waals surface area contributed by atoms with Crippen LogP contribution < -0.4 is 0 Å². The minimum absolute atomic E-state index is 0.0961. The molecule has 2 aliphatic heterocycles. The molecule has 5 rings (SSSR count). The Morgan fingerprint density at radius 1 is 1.03 bits per heavy atom. The maximum absolute atomic E-state index is 13.2. The molecular weight excluding hydrogens is 370 g/mol. The zero-order chi connectivity index (χ0) is 20.0. The molecule has 2 saturated heterocycles. The minimum atomic E-state index is -0.131. The van der Waals surface area contributed by atoms with E-state index in [-0.39, 0.29) is 29.7 Å². The first-order chi connectivity index (χ1) is 14.1. The highest BCUT2D eigenvalue weighted by Crippen LogP contribution is 2.45. The van der Waals surface area contributed by atoms with E-state index in [2.05, 4.69) is 5.16 Å². The highest BCUT2D eigenvalue weighted by Gasteiger charge is 2.50. The molecule has 0 aliphatic carbocycles. The van der Waals surface area contributed by atoms with Crippen molar-refractivity contribution in [3.05, 3.63) is 77.6 Å².